The molecule has 0 aliphatic carbocycles. The van der Waals surface area contributed by atoms with Gasteiger partial charge in [0.1, 0.15) is 12.4 Å². The van der Waals surface area contributed by atoms with Crippen molar-refractivity contribution in [1.82, 2.24) is 0 Å². The fourth-order valence-electron chi connectivity index (χ4n) is 1.85. The van der Waals surface area contributed by atoms with Gasteiger partial charge in [-0.3, -0.25) is 0 Å². The van der Waals surface area contributed by atoms with Crippen LogP contribution in [0, 0.1) is 6.92 Å². The van der Waals surface area contributed by atoms with Gasteiger partial charge in [0.05, 0.1) is 16.3 Å². The maximum atomic E-state index is 10.8. The summed E-state index contributed by atoms with van der Waals surface area (Å²) in [6.07, 6.45) is 0. The normalized spacial score (nSPS) is 10.2. The monoisotopic (exact) mass is 305 g/mol. The van der Waals surface area contributed by atoms with Gasteiger partial charge >= 0.3 is 5.97 Å². The van der Waals surface area contributed by atoms with E-state index in [9.17, 15) is 4.79 Å². The molecule has 0 atom stereocenters. The van der Waals surface area contributed by atoms with Crippen LogP contribution in [-0.4, -0.2) is 24.2 Å². The number of hydrogen-bond donors (Lipinski definition) is 2. The zero-order chi connectivity index (χ0) is 15.2. The molecule has 21 heavy (non-hydrogen) atoms. The van der Waals surface area contributed by atoms with Crippen LogP contribution in [0.5, 0.6) is 5.75 Å². The largest absolute Gasteiger partial charge is 0.492 e. The smallest absolute Gasteiger partial charge is 0.335 e. The predicted molar refractivity (Wildman–Crippen MR) is 83.6 cm³/mol. The molecule has 0 heterocycles. The van der Waals surface area contributed by atoms with E-state index >= 15 is 0 Å². The molecule has 0 bridgehead atoms. The topological polar surface area (TPSA) is 58.6 Å². The molecule has 0 radical (unpaired) electrons. The fourth-order valence-corrected chi connectivity index (χ4v) is 2.10. The molecule has 2 N–H and O–H groups in total. The van der Waals surface area contributed by atoms with Gasteiger partial charge in [0.2, 0.25) is 0 Å². The van der Waals surface area contributed by atoms with Crippen molar-refractivity contribution in [1.29, 1.82) is 0 Å². The number of nitrogens with one attached hydrogen (secondary N) is 1. The van der Waals surface area contributed by atoms with Crippen molar-refractivity contribution in [3.05, 3.63) is 58.6 Å². The van der Waals surface area contributed by atoms with Gasteiger partial charge in [-0.2, -0.15) is 0 Å². The molecule has 2 aromatic carbocycles. The average Bonchev–Trinajstić information content (AvgIpc) is 2.45. The summed E-state index contributed by atoms with van der Waals surface area (Å²) in [7, 11) is 0. The highest BCUT2D eigenvalue weighted by atomic mass is 35.5. The van der Waals surface area contributed by atoms with Gasteiger partial charge in [-0.1, -0.05) is 23.7 Å². The molecule has 4 nitrogen and oxygen atoms in total. The second-order valence-electron chi connectivity index (χ2n) is 4.59. The second-order valence-corrected chi connectivity index (χ2v) is 5.00. The van der Waals surface area contributed by atoms with Crippen LogP contribution in [0.25, 0.3) is 0 Å². The third-order valence-corrected chi connectivity index (χ3v) is 3.20. The highest BCUT2D eigenvalue weighted by Crippen LogP contribution is 2.23. The summed E-state index contributed by atoms with van der Waals surface area (Å²) >= 11 is 6.02. The third kappa shape index (κ3) is 4.39. The Morgan fingerprint density at radius 1 is 1.29 bits per heavy atom. The molecule has 0 unspecified atom stereocenters. The Hall–Kier alpha value is -2.20. The Morgan fingerprint density at radius 2 is 2.10 bits per heavy atom. The molecule has 0 aromatic heterocycles. The molecule has 0 saturated carbocycles. The van der Waals surface area contributed by atoms with Crippen LogP contribution in [0.3, 0.4) is 0 Å². The molecule has 2 rings (SSSR count). The first-order valence-corrected chi connectivity index (χ1v) is 6.90. The van der Waals surface area contributed by atoms with E-state index in [1.54, 1.807) is 6.07 Å². The van der Waals surface area contributed by atoms with Gasteiger partial charge in [0, 0.05) is 6.54 Å². The van der Waals surface area contributed by atoms with Gasteiger partial charge in [0.25, 0.3) is 0 Å². The molecule has 0 saturated heterocycles. The van der Waals surface area contributed by atoms with E-state index < -0.39 is 5.97 Å². The SMILES string of the molecule is Cc1cccc(OCCNc2ccc(C(=O)O)cc2Cl)c1. The Bertz CT molecular complexity index is 643. The number of rotatable bonds is 6. The van der Waals surface area contributed by atoms with E-state index in [-0.39, 0.29) is 5.56 Å². The standard InChI is InChI=1S/C16H16ClNO3/c1-11-3-2-4-13(9-11)21-8-7-18-15-6-5-12(16(19)20)10-14(15)17/h2-6,9-10,18H,7-8H2,1H3,(H,19,20). The average molecular weight is 306 g/mol. The zero-order valence-electron chi connectivity index (χ0n) is 11.6. The van der Waals surface area contributed by atoms with Gasteiger partial charge in [-0.05, 0) is 42.8 Å². The molecule has 5 heteroatoms. The van der Waals surface area contributed by atoms with Gasteiger partial charge < -0.3 is 15.2 Å². The fraction of sp³-hybridized carbons (Fsp3) is 0.188. The number of carbonyl (C=O) groups is 1. The summed E-state index contributed by atoms with van der Waals surface area (Å²) in [5, 5.41) is 12.4. The number of benzene rings is 2. The lowest BCUT2D eigenvalue weighted by molar-refractivity contribution is 0.0697. The van der Waals surface area contributed by atoms with Crippen molar-refractivity contribution in [3.63, 3.8) is 0 Å². The van der Waals surface area contributed by atoms with Crippen molar-refractivity contribution in [2.75, 3.05) is 18.5 Å². The Labute approximate surface area is 128 Å². The molecule has 110 valence electrons. The summed E-state index contributed by atoms with van der Waals surface area (Å²) < 4.78 is 5.61. The maximum absolute atomic E-state index is 10.8. The minimum Gasteiger partial charge on any atom is -0.492 e. The number of aromatic carboxylic acids is 1. The lowest BCUT2D eigenvalue weighted by atomic mass is 10.2. The first-order valence-electron chi connectivity index (χ1n) is 6.52. The van der Waals surface area contributed by atoms with E-state index in [1.165, 1.54) is 12.1 Å². The predicted octanol–water partition coefficient (Wildman–Crippen LogP) is 3.84. The highest BCUT2D eigenvalue weighted by molar-refractivity contribution is 6.33. The van der Waals surface area contributed by atoms with E-state index in [4.69, 9.17) is 21.4 Å². The molecule has 0 spiro atoms. The Kier molecular flexibility index (Phi) is 5.06. The Morgan fingerprint density at radius 3 is 2.76 bits per heavy atom. The van der Waals surface area contributed by atoms with E-state index in [0.29, 0.717) is 23.9 Å². The lowest BCUT2D eigenvalue weighted by Crippen LogP contribution is -2.12. The van der Waals surface area contributed by atoms with Crippen LogP contribution in [0.1, 0.15) is 15.9 Å². The van der Waals surface area contributed by atoms with Crippen molar-refractivity contribution in [2.45, 2.75) is 6.92 Å². The number of ether oxygens (including phenoxy) is 1. The first-order chi connectivity index (χ1) is 10.1. The molecule has 0 aliphatic rings. The van der Waals surface area contributed by atoms with E-state index in [0.717, 1.165) is 11.3 Å². The van der Waals surface area contributed by atoms with E-state index in [2.05, 4.69) is 5.32 Å². The molecule has 0 amide bonds. The quantitative estimate of drug-likeness (QED) is 0.796. The second kappa shape index (κ2) is 6.99. The number of aryl methyl sites for hydroxylation is 1. The van der Waals surface area contributed by atoms with E-state index in [1.807, 2.05) is 31.2 Å². The van der Waals surface area contributed by atoms with Crippen LogP contribution in [0.4, 0.5) is 5.69 Å². The number of hydrogen-bond acceptors (Lipinski definition) is 3. The van der Waals surface area contributed by atoms with Crippen LogP contribution in [0.15, 0.2) is 42.5 Å². The summed E-state index contributed by atoms with van der Waals surface area (Å²) in [6.45, 7) is 3.06. The third-order valence-electron chi connectivity index (χ3n) is 2.89. The maximum Gasteiger partial charge on any atom is 0.335 e. The first kappa shape index (κ1) is 15.2. The summed E-state index contributed by atoms with van der Waals surface area (Å²) in [4.78, 5) is 10.8. The zero-order valence-corrected chi connectivity index (χ0v) is 12.4. The summed E-state index contributed by atoms with van der Waals surface area (Å²) in [6, 6.07) is 12.4. The molecular formula is C16H16ClNO3. The molecular weight excluding hydrogens is 290 g/mol. The minimum atomic E-state index is -0.994. The van der Waals surface area contributed by atoms with Crippen LogP contribution in [0.2, 0.25) is 5.02 Å². The van der Waals surface area contributed by atoms with Crippen molar-refractivity contribution >= 4 is 23.3 Å². The van der Waals surface area contributed by atoms with Crippen molar-refractivity contribution < 1.29 is 14.6 Å². The van der Waals surface area contributed by atoms with Gasteiger partial charge in [-0.25, -0.2) is 4.79 Å². The molecule has 2 aromatic rings. The lowest BCUT2D eigenvalue weighted by Gasteiger charge is -2.10. The summed E-state index contributed by atoms with van der Waals surface area (Å²) in [5.41, 5.74) is 2.00. The number of carboxylic acid groups (broad SMARTS) is 1. The number of anilines is 1. The Balaban J connectivity index is 1.85. The summed E-state index contributed by atoms with van der Waals surface area (Å²) in [5.74, 6) is -0.171. The van der Waals surface area contributed by atoms with Gasteiger partial charge in [-0.15, -0.1) is 0 Å². The highest BCUT2D eigenvalue weighted by Gasteiger charge is 2.06. The molecule has 0 fully saturated rings. The number of carboxylic acids is 1. The number of halogens is 1. The van der Waals surface area contributed by atoms with Crippen LogP contribution >= 0.6 is 11.6 Å². The molecule has 0 aliphatic heterocycles. The van der Waals surface area contributed by atoms with Crippen LogP contribution < -0.4 is 10.1 Å². The van der Waals surface area contributed by atoms with Crippen molar-refractivity contribution in [3.8, 4) is 5.75 Å². The minimum absolute atomic E-state index is 0.168. The van der Waals surface area contributed by atoms with Gasteiger partial charge in [0.15, 0.2) is 0 Å². The van der Waals surface area contributed by atoms with Crippen molar-refractivity contribution in [2.24, 2.45) is 0 Å². The van der Waals surface area contributed by atoms with Crippen LogP contribution in [-0.2, 0) is 0 Å².